The molecule has 0 saturated heterocycles. The van der Waals surface area contributed by atoms with Gasteiger partial charge in [-0.25, -0.2) is 9.37 Å². The number of carbonyl (C=O) groups is 2. The Kier molecular flexibility index (Phi) is 8.63. The molecule has 0 bridgehead atoms. The fourth-order valence-corrected chi connectivity index (χ4v) is 4.80. The molecule has 1 heterocycles. The van der Waals surface area contributed by atoms with Gasteiger partial charge in [0.1, 0.15) is 11.5 Å². The van der Waals surface area contributed by atoms with Crippen LogP contribution in [0.1, 0.15) is 32.7 Å². The molecule has 36 heavy (non-hydrogen) atoms. The smallest absolute Gasteiger partial charge is 0.270 e. The van der Waals surface area contributed by atoms with Crippen molar-refractivity contribution < 1.29 is 14.0 Å². The van der Waals surface area contributed by atoms with Gasteiger partial charge in [0.2, 0.25) is 0 Å². The summed E-state index contributed by atoms with van der Waals surface area (Å²) in [5.74, 6) is -0.249. The lowest BCUT2D eigenvalue weighted by atomic mass is 9.95. The number of hydrogen-bond donors (Lipinski definition) is 1. The number of aromatic nitrogens is 1. The number of carbonyl (C=O) groups excluding carboxylic acids is 2. The largest absolute Gasteiger partial charge is 0.341 e. The molecule has 4 aromatic rings. The van der Waals surface area contributed by atoms with E-state index in [4.69, 9.17) is 0 Å². The van der Waals surface area contributed by atoms with E-state index in [1.165, 1.54) is 17.7 Å². The monoisotopic (exact) mass is 498 g/mol. The Balaban J connectivity index is 1.46. The second-order valence-electron chi connectivity index (χ2n) is 8.58. The molecule has 1 amide bonds. The van der Waals surface area contributed by atoms with Crippen molar-refractivity contribution in [2.75, 3.05) is 0 Å². The number of amides is 1. The Hall–Kier alpha value is -3.77. The molecular formula is C30H27FN2O2S. The third-order valence-electron chi connectivity index (χ3n) is 5.86. The summed E-state index contributed by atoms with van der Waals surface area (Å²) < 4.78 is 13.2. The van der Waals surface area contributed by atoms with Gasteiger partial charge < -0.3 is 5.32 Å². The molecular weight excluding hydrogens is 471 g/mol. The number of rotatable bonds is 10. The number of benzene rings is 3. The molecule has 0 fully saturated rings. The first-order valence-electron chi connectivity index (χ1n) is 11.7. The van der Waals surface area contributed by atoms with Crippen LogP contribution in [0.4, 0.5) is 4.39 Å². The van der Waals surface area contributed by atoms with E-state index in [-0.39, 0.29) is 17.9 Å². The standard InChI is InChI=1S/C30H27FN2O2S/c1-21-16-26(36-20-23-10-6-3-7-11-23)14-12-24(21)18-29(34)28(17-22-8-4-2-5-9-22)33-30(35)27-15-13-25(31)19-32-27/h2-16,19,28H,17-18,20H2,1H3,(H,33,35)/t28-/m0/s1. The molecule has 0 spiro atoms. The number of Topliss-reactive ketones (excluding diaryl/α,β-unsaturated/α-hetero) is 1. The first-order valence-corrected chi connectivity index (χ1v) is 12.7. The van der Waals surface area contributed by atoms with Gasteiger partial charge >= 0.3 is 0 Å². The predicted molar refractivity (Wildman–Crippen MR) is 141 cm³/mol. The molecule has 0 radical (unpaired) electrons. The van der Waals surface area contributed by atoms with Crippen LogP contribution >= 0.6 is 11.8 Å². The van der Waals surface area contributed by atoms with Crippen molar-refractivity contribution in [2.45, 2.75) is 36.5 Å². The summed E-state index contributed by atoms with van der Waals surface area (Å²) in [6.07, 6.45) is 1.55. The molecule has 0 unspecified atom stereocenters. The van der Waals surface area contributed by atoms with Gasteiger partial charge in [0, 0.05) is 17.1 Å². The van der Waals surface area contributed by atoms with Crippen LogP contribution in [0.15, 0.2) is 102 Å². The van der Waals surface area contributed by atoms with E-state index in [2.05, 4.69) is 28.5 Å². The number of nitrogens with one attached hydrogen (secondary N) is 1. The van der Waals surface area contributed by atoms with Gasteiger partial charge in [-0.05, 0) is 59.9 Å². The number of nitrogens with zero attached hydrogens (tertiary/aromatic N) is 1. The fraction of sp³-hybridized carbons (Fsp3) is 0.167. The number of ketones is 1. The normalized spacial score (nSPS) is 11.6. The zero-order valence-corrected chi connectivity index (χ0v) is 20.8. The summed E-state index contributed by atoms with van der Waals surface area (Å²) in [5, 5.41) is 2.81. The first-order chi connectivity index (χ1) is 17.5. The van der Waals surface area contributed by atoms with Crippen LogP contribution in [0.2, 0.25) is 0 Å². The maximum absolute atomic E-state index is 13.4. The van der Waals surface area contributed by atoms with E-state index in [0.717, 1.165) is 33.5 Å². The van der Waals surface area contributed by atoms with Crippen LogP contribution in [0.5, 0.6) is 0 Å². The van der Waals surface area contributed by atoms with Gasteiger partial charge in [-0.3, -0.25) is 9.59 Å². The van der Waals surface area contributed by atoms with E-state index in [1.807, 2.05) is 67.6 Å². The minimum atomic E-state index is -0.738. The summed E-state index contributed by atoms with van der Waals surface area (Å²) in [4.78, 5) is 31.1. The Labute approximate surface area is 215 Å². The number of thioether (sulfide) groups is 1. The van der Waals surface area contributed by atoms with Gasteiger partial charge in [-0.1, -0.05) is 66.7 Å². The van der Waals surface area contributed by atoms with Crippen molar-refractivity contribution in [1.29, 1.82) is 0 Å². The molecule has 1 atom stereocenters. The summed E-state index contributed by atoms with van der Waals surface area (Å²) in [6, 6.07) is 27.7. The lowest BCUT2D eigenvalue weighted by Crippen LogP contribution is -2.43. The Morgan fingerprint density at radius 2 is 1.61 bits per heavy atom. The quantitative estimate of drug-likeness (QED) is 0.274. The summed E-state index contributed by atoms with van der Waals surface area (Å²) in [6.45, 7) is 2.00. The topological polar surface area (TPSA) is 59.1 Å². The van der Waals surface area contributed by atoms with E-state index in [9.17, 15) is 14.0 Å². The number of aryl methyl sites for hydroxylation is 1. The summed E-state index contributed by atoms with van der Waals surface area (Å²) >= 11 is 1.75. The second kappa shape index (κ2) is 12.3. The van der Waals surface area contributed by atoms with Gasteiger partial charge in [0.15, 0.2) is 5.78 Å². The van der Waals surface area contributed by atoms with Gasteiger partial charge in [-0.2, -0.15) is 0 Å². The minimum absolute atomic E-state index is 0.0678. The van der Waals surface area contributed by atoms with Crippen molar-refractivity contribution in [3.8, 4) is 0 Å². The molecule has 0 aliphatic rings. The van der Waals surface area contributed by atoms with Crippen LogP contribution in [-0.4, -0.2) is 22.7 Å². The van der Waals surface area contributed by atoms with Gasteiger partial charge in [0.25, 0.3) is 5.91 Å². The van der Waals surface area contributed by atoms with Crippen LogP contribution in [0.3, 0.4) is 0 Å². The summed E-state index contributed by atoms with van der Waals surface area (Å²) in [7, 11) is 0. The minimum Gasteiger partial charge on any atom is -0.341 e. The van der Waals surface area contributed by atoms with E-state index in [1.54, 1.807) is 11.8 Å². The molecule has 3 aromatic carbocycles. The molecule has 6 heteroatoms. The average Bonchev–Trinajstić information content (AvgIpc) is 2.90. The van der Waals surface area contributed by atoms with E-state index >= 15 is 0 Å². The van der Waals surface area contributed by atoms with Crippen LogP contribution in [-0.2, 0) is 23.4 Å². The number of hydrogen-bond acceptors (Lipinski definition) is 4. The first kappa shape index (κ1) is 25.3. The Bertz CT molecular complexity index is 1310. The van der Waals surface area contributed by atoms with Crippen LogP contribution in [0, 0.1) is 12.7 Å². The molecule has 4 rings (SSSR count). The van der Waals surface area contributed by atoms with Crippen LogP contribution < -0.4 is 5.32 Å². The van der Waals surface area contributed by atoms with E-state index in [0.29, 0.717) is 6.42 Å². The van der Waals surface area contributed by atoms with Crippen molar-refractivity contribution >= 4 is 23.5 Å². The number of pyridine rings is 1. The van der Waals surface area contributed by atoms with Gasteiger partial charge in [0.05, 0.1) is 12.2 Å². The molecule has 1 aromatic heterocycles. The zero-order valence-electron chi connectivity index (χ0n) is 20.0. The third kappa shape index (κ3) is 7.12. The highest BCUT2D eigenvalue weighted by atomic mass is 32.2. The lowest BCUT2D eigenvalue weighted by Gasteiger charge is -2.19. The summed E-state index contributed by atoms with van der Waals surface area (Å²) in [5.41, 5.74) is 4.23. The third-order valence-corrected chi connectivity index (χ3v) is 6.93. The lowest BCUT2D eigenvalue weighted by molar-refractivity contribution is -0.120. The molecule has 0 aliphatic carbocycles. The van der Waals surface area contributed by atoms with E-state index < -0.39 is 17.8 Å². The Morgan fingerprint density at radius 3 is 2.25 bits per heavy atom. The average molecular weight is 499 g/mol. The fourth-order valence-electron chi connectivity index (χ4n) is 3.85. The molecule has 182 valence electrons. The highest BCUT2D eigenvalue weighted by Crippen LogP contribution is 2.25. The van der Waals surface area contributed by atoms with Crippen molar-refractivity contribution in [3.63, 3.8) is 0 Å². The van der Waals surface area contributed by atoms with Crippen molar-refractivity contribution in [1.82, 2.24) is 10.3 Å². The highest BCUT2D eigenvalue weighted by Gasteiger charge is 2.23. The maximum Gasteiger partial charge on any atom is 0.270 e. The Morgan fingerprint density at radius 1 is 0.917 bits per heavy atom. The van der Waals surface area contributed by atoms with Gasteiger partial charge in [-0.15, -0.1) is 11.8 Å². The SMILES string of the molecule is Cc1cc(SCc2ccccc2)ccc1CC(=O)[C@H](Cc1ccccc1)NC(=O)c1ccc(F)cn1. The number of halogens is 1. The van der Waals surface area contributed by atoms with Crippen molar-refractivity contribution in [3.05, 3.63) is 131 Å². The highest BCUT2D eigenvalue weighted by molar-refractivity contribution is 7.98. The van der Waals surface area contributed by atoms with Crippen molar-refractivity contribution in [2.24, 2.45) is 0 Å². The predicted octanol–water partition coefficient (Wildman–Crippen LogP) is 5.97. The molecule has 1 N–H and O–H groups in total. The zero-order chi connectivity index (χ0) is 25.3. The second-order valence-corrected chi connectivity index (χ2v) is 9.63. The molecule has 4 nitrogen and oxygen atoms in total. The maximum atomic E-state index is 13.4. The molecule has 0 aliphatic heterocycles. The van der Waals surface area contributed by atoms with Crippen LogP contribution in [0.25, 0.3) is 0 Å². The molecule has 0 saturated carbocycles.